The summed E-state index contributed by atoms with van der Waals surface area (Å²) in [6.45, 7) is 0. The molecule has 4 nitrogen and oxygen atoms in total. The first-order valence-corrected chi connectivity index (χ1v) is 19.9. The standard InChI is InChI=1S/C55H33N3O/c1-2-14-36(15-3-1)53-56-54(37-27-25-35(26-28-37)48-33-38-16-5-7-18-40(38)51-39-17-6-4-13-34(39)29-30-45(48)51)58-55(57-53)46-32-31-43(41-19-8-9-20-42(41)46)44-22-12-24-50-52(44)47-21-10-11-23-49(47)59-50/h1-33H. The van der Waals surface area contributed by atoms with Crippen LogP contribution in [-0.4, -0.2) is 15.0 Å². The minimum atomic E-state index is 0.623. The van der Waals surface area contributed by atoms with Crippen molar-refractivity contribution in [2.24, 2.45) is 0 Å². The van der Waals surface area contributed by atoms with Crippen LogP contribution in [0.2, 0.25) is 0 Å². The molecule has 4 heteroatoms. The number of aromatic nitrogens is 3. The van der Waals surface area contributed by atoms with E-state index in [1.165, 1.54) is 37.9 Å². The molecule has 0 saturated carbocycles. The van der Waals surface area contributed by atoms with Crippen LogP contribution >= 0.6 is 0 Å². The van der Waals surface area contributed by atoms with Gasteiger partial charge in [-0.1, -0.05) is 176 Å². The second-order valence-electron chi connectivity index (χ2n) is 15.1. The Morgan fingerprint density at radius 2 is 0.831 bits per heavy atom. The van der Waals surface area contributed by atoms with Crippen molar-refractivity contribution < 1.29 is 4.42 Å². The highest BCUT2D eigenvalue weighted by molar-refractivity contribution is 6.24. The van der Waals surface area contributed by atoms with Gasteiger partial charge in [-0.25, -0.2) is 15.0 Å². The molecule has 10 aromatic carbocycles. The van der Waals surface area contributed by atoms with Crippen molar-refractivity contribution in [1.29, 1.82) is 0 Å². The van der Waals surface area contributed by atoms with Gasteiger partial charge in [0.05, 0.1) is 0 Å². The van der Waals surface area contributed by atoms with Crippen molar-refractivity contribution in [3.8, 4) is 56.4 Å². The molecule has 0 spiro atoms. The number of rotatable bonds is 5. The summed E-state index contributed by atoms with van der Waals surface area (Å²) in [5.74, 6) is 1.88. The van der Waals surface area contributed by atoms with Crippen LogP contribution in [0.3, 0.4) is 0 Å². The number of nitrogens with zero attached hydrogens (tertiary/aromatic N) is 3. The van der Waals surface area contributed by atoms with E-state index < -0.39 is 0 Å². The monoisotopic (exact) mass is 751 g/mol. The number of para-hydroxylation sites is 1. The highest BCUT2D eigenvalue weighted by Gasteiger charge is 2.19. The van der Waals surface area contributed by atoms with Gasteiger partial charge in [0.15, 0.2) is 17.5 Å². The third kappa shape index (κ3) is 5.42. The predicted molar refractivity (Wildman–Crippen MR) is 244 cm³/mol. The molecule has 0 aliphatic carbocycles. The largest absolute Gasteiger partial charge is 0.456 e. The molecule has 0 N–H and O–H groups in total. The van der Waals surface area contributed by atoms with Gasteiger partial charge in [0.1, 0.15) is 11.2 Å². The summed E-state index contributed by atoms with van der Waals surface area (Å²) < 4.78 is 6.29. The SMILES string of the molecule is c1ccc(-c2nc(-c3ccc(-c4cc5ccccc5c5c4ccc4ccccc45)cc3)nc(-c3ccc(-c4cccc5oc6ccccc6c45)c4ccccc34)n2)cc1. The zero-order chi connectivity index (χ0) is 38.9. The van der Waals surface area contributed by atoms with Crippen LogP contribution in [0, 0.1) is 0 Å². The lowest BCUT2D eigenvalue weighted by atomic mass is 9.90. The maximum absolute atomic E-state index is 6.29. The first kappa shape index (κ1) is 33.2. The van der Waals surface area contributed by atoms with E-state index in [1.54, 1.807) is 0 Å². The first-order valence-electron chi connectivity index (χ1n) is 19.9. The van der Waals surface area contributed by atoms with Crippen LogP contribution in [-0.2, 0) is 0 Å². The van der Waals surface area contributed by atoms with Crippen LogP contribution in [0.15, 0.2) is 205 Å². The molecular weight excluding hydrogens is 719 g/mol. The second kappa shape index (κ2) is 13.3. The summed E-state index contributed by atoms with van der Waals surface area (Å²) in [6, 6.07) is 70.5. The molecule has 59 heavy (non-hydrogen) atoms. The molecule has 2 heterocycles. The van der Waals surface area contributed by atoms with E-state index in [1.807, 2.05) is 36.4 Å². The van der Waals surface area contributed by atoms with E-state index in [-0.39, 0.29) is 0 Å². The lowest BCUT2D eigenvalue weighted by Crippen LogP contribution is -2.01. The summed E-state index contributed by atoms with van der Waals surface area (Å²) in [5.41, 5.74) is 9.15. The van der Waals surface area contributed by atoms with E-state index in [4.69, 9.17) is 19.4 Å². The Morgan fingerprint density at radius 3 is 1.61 bits per heavy atom. The zero-order valence-corrected chi connectivity index (χ0v) is 31.8. The Hall–Kier alpha value is -7.95. The molecule has 0 saturated heterocycles. The normalized spacial score (nSPS) is 11.7. The minimum absolute atomic E-state index is 0.623. The van der Waals surface area contributed by atoms with Gasteiger partial charge in [0, 0.05) is 27.5 Å². The summed E-state index contributed by atoms with van der Waals surface area (Å²) in [5, 5.41) is 11.9. The molecule has 0 radical (unpaired) electrons. The van der Waals surface area contributed by atoms with Gasteiger partial charge in [-0.2, -0.15) is 0 Å². The van der Waals surface area contributed by atoms with Gasteiger partial charge in [-0.3, -0.25) is 0 Å². The predicted octanol–water partition coefficient (Wildman–Crippen LogP) is 14.7. The van der Waals surface area contributed by atoms with Gasteiger partial charge in [-0.05, 0) is 89.6 Å². The molecular formula is C55H33N3O. The number of benzene rings is 10. The first-order chi connectivity index (χ1) is 29.2. The second-order valence-corrected chi connectivity index (χ2v) is 15.1. The fourth-order valence-electron chi connectivity index (χ4n) is 8.98. The third-order valence-electron chi connectivity index (χ3n) is 11.7. The Labute approximate surface area is 339 Å². The zero-order valence-electron chi connectivity index (χ0n) is 31.8. The minimum Gasteiger partial charge on any atom is -0.456 e. The molecule has 0 unspecified atom stereocenters. The topological polar surface area (TPSA) is 51.8 Å². The Morgan fingerprint density at radius 1 is 0.271 bits per heavy atom. The van der Waals surface area contributed by atoms with Gasteiger partial charge >= 0.3 is 0 Å². The molecule has 12 rings (SSSR count). The van der Waals surface area contributed by atoms with E-state index >= 15 is 0 Å². The molecule has 0 bridgehead atoms. The van der Waals surface area contributed by atoms with E-state index in [0.717, 1.165) is 66.1 Å². The fourth-order valence-corrected chi connectivity index (χ4v) is 8.98. The molecule has 12 aromatic rings. The molecule has 0 aliphatic heterocycles. The number of hydrogen-bond donors (Lipinski definition) is 0. The summed E-state index contributed by atoms with van der Waals surface area (Å²) in [6.07, 6.45) is 0. The van der Waals surface area contributed by atoms with Crippen molar-refractivity contribution >= 4 is 65.0 Å². The highest BCUT2D eigenvalue weighted by Crippen LogP contribution is 2.42. The van der Waals surface area contributed by atoms with Crippen molar-refractivity contribution in [1.82, 2.24) is 15.0 Å². The lowest BCUT2D eigenvalue weighted by Gasteiger charge is -2.15. The van der Waals surface area contributed by atoms with Gasteiger partial charge in [-0.15, -0.1) is 0 Å². The quantitative estimate of drug-likeness (QED) is 0.164. The van der Waals surface area contributed by atoms with E-state index in [0.29, 0.717) is 17.5 Å². The Bertz CT molecular complexity index is 3590. The summed E-state index contributed by atoms with van der Waals surface area (Å²) >= 11 is 0. The van der Waals surface area contributed by atoms with Gasteiger partial charge < -0.3 is 4.42 Å². The maximum Gasteiger partial charge on any atom is 0.164 e. The smallest absolute Gasteiger partial charge is 0.164 e. The highest BCUT2D eigenvalue weighted by atomic mass is 16.3. The Kier molecular flexibility index (Phi) is 7.50. The van der Waals surface area contributed by atoms with Crippen LogP contribution in [0.4, 0.5) is 0 Å². The number of hydrogen-bond acceptors (Lipinski definition) is 4. The maximum atomic E-state index is 6.29. The van der Waals surface area contributed by atoms with Crippen LogP contribution in [0.25, 0.3) is 121 Å². The summed E-state index contributed by atoms with van der Waals surface area (Å²) in [7, 11) is 0. The van der Waals surface area contributed by atoms with Crippen molar-refractivity contribution in [3.05, 3.63) is 200 Å². The van der Waals surface area contributed by atoms with E-state index in [2.05, 4.69) is 164 Å². The summed E-state index contributed by atoms with van der Waals surface area (Å²) in [4.78, 5) is 15.5. The molecule has 0 fully saturated rings. The van der Waals surface area contributed by atoms with Crippen LogP contribution < -0.4 is 0 Å². The third-order valence-corrected chi connectivity index (χ3v) is 11.7. The fraction of sp³-hybridized carbons (Fsp3) is 0. The van der Waals surface area contributed by atoms with Gasteiger partial charge in [0.25, 0.3) is 0 Å². The van der Waals surface area contributed by atoms with Crippen LogP contribution in [0.5, 0.6) is 0 Å². The average Bonchev–Trinajstić information content (AvgIpc) is 3.70. The van der Waals surface area contributed by atoms with Gasteiger partial charge in [0.2, 0.25) is 0 Å². The molecule has 0 atom stereocenters. The lowest BCUT2D eigenvalue weighted by molar-refractivity contribution is 0.669. The number of fused-ring (bicyclic) bond motifs is 9. The molecule has 0 aliphatic rings. The molecule has 0 amide bonds. The van der Waals surface area contributed by atoms with Crippen molar-refractivity contribution in [3.63, 3.8) is 0 Å². The molecule has 2 aromatic heterocycles. The average molecular weight is 752 g/mol. The Balaban J connectivity index is 1.01. The van der Waals surface area contributed by atoms with Crippen molar-refractivity contribution in [2.45, 2.75) is 0 Å². The number of furan rings is 1. The van der Waals surface area contributed by atoms with Crippen LogP contribution in [0.1, 0.15) is 0 Å². The van der Waals surface area contributed by atoms with Crippen molar-refractivity contribution in [2.75, 3.05) is 0 Å². The van der Waals surface area contributed by atoms with E-state index in [9.17, 15) is 0 Å². The molecule has 274 valence electrons.